The van der Waals surface area contributed by atoms with Crippen molar-refractivity contribution in [3.63, 3.8) is 0 Å². The first-order chi connectivity index (χ1) is 15.3. The van der Waals surface area contributed by atoms with E-state index in [4.69, 9.17) is 4.74 Å². The minimum atomic E-state index is 0.568. The molecule has 0 aromatic heterocycles. The molecule has 1 atom stereocenters. The summed E-state index contributed by atoms with van der Waals surface area (Å²) < 4.78 is 5.57. The number of anilines is 2. The molecule has 31 heavy (non-hydrogen) atoms. The van der Waals surface area contributed by atoms with Crippen LogP contribution in [0.3, 0.4) is 0 Å². The van der Waals surface area contributed by atoms with Crippen LogP contribution in [0.25, 0.3) is 0 Å². The number of hydrogen-bond acceptors (Lipinski definition) is 4. The second kappa shape index (κ2) is 9.37. The number of benzene rings is 3. The minimum Gasteiger partial charge on any atom is -0.496 e. The molecule has 0 aliphatic carbocycles. The number of nitrogens with zero attached hydrogens (tertiary/aromatic N) is 2. The van der Waals surface area contributed by atoms with Crippen molar-refractivity contribution in [2.75, 3.05) is 31.6 Å². The van der Waals surface area contributed by atoms with Gasteiger partial charge < -0.3 is 9.64 Å². The van der Waals surface area contributed by atoms with E-state index in [2.05, 4.69) is 76.5 Å². The summed E-state index contributed by atoms with van der Waals surface area (Å²) in [6.07, 6.45) is 3.58. The average molecular weight is 431 g/mol. The van der Waals surface area contributed by atoms with Crippen molar-refractivity contribution >= 4 is 23.1 Å². The summed E-state index contributed by atoms with van der Waals surface area (Å²) in [5.41, 5.74) is 5.46. The lowest BCUT2D eigenvalue weighted by molar-refractivity contribution is 0.260. The molecule has 0 amide bonds. The first kappa shape index (κ1) is 20.5. The van der Waals surface area contributed by atoms with Gasteiger partial charge in [-0.25, -0.2) is 0 Å². The Hall–Kier alpha value is -2.43. The molecule has 0 unspecified atom stereocenters. The van der Waals surface area contributed by atoms with Crippen molar-refractivity contribution in [3.05, 3.63) is 83.9 Å². The zero-order chi connectivity index (χ0) is 21.0. The molecule has 160 valence electrons. The molecule has 2 aliphatic rings. The number of methoxy groups -OCH3 is 1. The van der Waals surface area contributed by atoms with Gasteiger partial charge in [-0.1, -0.05) is 48.5 Å². The number of rotatable bonds is 6. The Bertz CT molecular complexity index is 990. The molecular formula is C27H30N2OS. The number of ether oxygens (including phenoxy) is 1. The van der Waals surface area contributed by atoms with Crippen LogP contribution in [0.2, 0.25) is 0 Å². The molecule has 2 heterocycles. The molecule has 3 aromatic rings. The number of thioether (sulfide) groups is 1. The van der Waals surface area contributed by atoms with Gasteiger partial charge in [-0.3, -0.25) is 4.90 Å². The van der Waals surface area contributed by atoms with E-state index in [0.29, 0.717) is 6.04 Å². The molecule has 5 rings (SSSR count). The third-order valence-electron chi connectivity index (χ3n) is 6.57. The molecule has 2 aliphatic heterocycles. The quantitative estimate of drug-likeness (QED) is 0.466. The highest BCUT2D eigenvalue weighted by molar-refractivity contribution is 7.98. The van der Waals surface area contributed by atoms with E-state index in [1.165, 1.54) is 46.8 Å². The Morgan fingerprint density at radius 3 is 2.61 bits per heavy atom. The lowest BCUT2D eigenvalue weighted by Gasteiger charge is -2.33. The van der Waals surface area contributed by atoms with Gasteiger partial charge in [-0.05, 0) is 61.2 Å². The van der Waals surface area contributed by atoms with Crippen LogP contribution < -0.4 is 9.64 Å². The van der Waals surface area contributed by atoms with Gasteiger partial charge in [-0.2, -0.15) is 0 Å². The second-order valence-electron chi connectivity index (χ2n) is 8.39. The van der Waals surface area contributed by atoms with Crippen molar-refractivity contribution in [1.29, 1.82) is 0 Å². The van der Waals surface area contributed by atoms with Gasteiger partial charge in [0.25, 0.3) is 0 Å². The first-order valence-electron chi connectivity index (χ1n) is 11.3. The molecule has 3 nitrogen and oxygen atoms in total. The fourth-order valence-electron chi connectivity index (χ4n) is 4.96. The molecule has 1 fully saturated rings. The van der Waals surface area contributed by atoms with Crippen molar-refractivity contribution in [3.8, 4) is 5.75 Å². The highest BCUT2D eigenvalue weighted by Crippen LogP contribution is 2.43. The summed E-state index contributed by atoms with van der Waals surface area (Å²) in [4.78, 5) is 6.66. The Kier molecular flexibility index (Phi) is 6.19. The molecule has 1 saturated heterocycles. The van der Waals surface area contributed by atoms with Gasteiger partial charge in [0.2, 0.25) is 0 Å². The maximum absolute atomic E-state index is 5.57. The third-order valence-corrected chi connectivity index (χ3v) is 7.69. The molecule has 0 radical (unpaired) electrons. The summed E-state index contributed by atoms with van der Waals surface area (Å²) in [5, 5.41) is 0. The van der Waals surface area contributed by atoms with E-state index < -0.39 is 0 Å². The Labute approximate surface area is 190 Å². The van der Waals surface area contributed by atoms with E-state index in [9.17, 15) is 0 Å². The SMILES string of the molecule is COc1ccccc1CCN1CCC[C@H]1CN1c2ccccc2CSc2ccccc21. The third kappa shape index (κ3) is 4.32. The number of para-hydroxylation sites is 3. The average Bonchev–Trinajstić information content (AvgIpc) is 3.20. The Morgan fingerprint density at radius 2 is 1.71 bits per heavy atom. The lowest BCUT2D eigenvalue weighted by Crippen LogP contribution is -2.39. The highest BCUT2D eigenvalue weighted by atomic mass is 32.2. The molecule has 3 aromatic carbocycles. The van der Waals surface area contributed by atoms with E-state index in [-0.39, 0.29) is 0 Å². The summed E-state index contributed by atoms with van der Waals surface area (Å²) in [6, 6.07) is 26.8. The smallest absolute Gasteiger partial charge is 0.122 e. The monoisotopic (exact) mass is 430 g/mol. The van der Waals surface area contributed by atoms with E-state index in [1.807, 2.05) is 17.8 Å². The normalized spacial score (nSPS) is 18.4. The van der Waals surface area contributed by atoms with Gasteiger partial charge in [0.15, 0.2) is 0 Å². The van der Waals surface area contributed by atoms with E-state index in [1.54, 1.807) is 7.11 Å². The predicted octanol–water partition coefficient (Wildman–Crippen LogP) is 6.15. The van der Waals surface area contributed by atoms with Crippen LogP contribution in [0.1, 0.15) is 24.0 Å². The predicted molar refractivity (Wildman–Crippen MR) is 131 cm³/mol. The summed E-state index contributed by atoms with van der Waals surface area (Å²) >= 11 is 1.96. The lowest BCUT2D eigenvalue weighted by atomic mass is 10.1. The topological polar surface area (TPSA) is 15.7 Å². The number of likely N-dealkylation sites (tertiary alicyclic amines) is 1. The minimum absolute atomic E-state index is 0.568. The Morgan fingerprint density at radius 1 is 0.935 bits per heavy atom. The summed E-state index contributed by atoms with van der Waals surface area (Å²) in [7, 11) is 1.77. The summed E-state index contributed by atoms with van der Waals surface area (Å²) in [5.74, 6) is 2.04. The number of fused-ring (bicyclic) bond motifs is 2. The molecule has 0 saturated carbocycles. The van der Waals surface area contributed by atoms with Crippen molar-refractivity contribution in [2.45, 2.75) is 36.0 Å². The van der Waals surface area contributed by atoms with Crippen LogP contribution in [0.5, 0.6) is 5.75 Å². The fraction of sp³-hybridized carbons (Fsp3) is 0.333. The highest BCUT2D eigenvalue weighted by Gasteiger charge is 2.29. The molecule has 0 spiro atoms. The largest absolute Gasteiger partial charge is 0.496 e. The van der Waals surface area contributed by atoms with Gasteiger partial charge in [0.1, 0.15) is 5.75 Å². The van der Waals surface area contributed by atoms with Crippen molar-refractivity contribution < 1.29 is 4.74 Å². The maximum atomic E-state index is 5.57. The van der Waals surface area contributed by atoms with Gasteiger partial charge in [-0.15, -0.1) is 11.8 Å². The zero-order valence-electron chi connectivity index (χ0n) is 18.2. The second-order valence-corrected chi connectivity index (χ2v) is 9.41. The zero-order valence-corrected chi connectivity index (χ0v) is 19.0. The van der Waals surface area contributed by atoms with Crippen LogP contribution in [-0.4, -0.2) is 37.7 Å². The molecule has 4 heteroatoms. The Balaban J connectivity index is 1.37. The van der Waals surface area contributed by atoms with Crippen molar-refractivity contribution in [2.24, 2.45) is 0 Å². The van der Waals surface area contributed by atoms with Crippen molar-refractivity contribution in [1.82, 2.24) is 4.90 Å². The molecule has 0 bridgehead atoms. The fourth-order valence-corrected chi connectivity index (χ4v) is 6.02. The number of hydrogen-bond donors (Lipinski definition) is 0. The molecular weight excluding hydrogens is 400 g/mol. The maximum Gasteiger partial charge on any atom is 0.122 e. The molecule has 0 N–H and O–H groups in total. The van der Waals surface area contributed by atoms with Crippen LogP contribution in [0.4, 0.5) is 11.4 Å². The van der Waals surface area contributed by atoms with Crippen LogP contribution in [-0.2, 0) is 12.2 Å². The summed E-state index contributed by atoms with van der Waals surface area (Å²) in [6.45, 7) is 3.31. The standard InChI is InChI=1S/C27H30N2OS/c1-30-26-14-6-3-9-21(26)16-18-28-17-8-11-23(28)19-29-24-12-4-2-10-22(24)20-31-27-15-7-5-13-25(27)29/h2-7,9-10,12-15,23H,8,11,16-20H2,1H3/t23-/m0/s1. The van der Waals surface area contributed by atoms with Gasteiger partial charge >= 0.3 is 0 Å². The van der Waals surface area contributed by atoms with Crippen LogP contribution in [0, 0.1) is 0 Å². The van der Waals surface area contributed by atoms with Crippen LogP contribution >= 0.6 is 11.8 Å². The van der Waals surface area contributed by atoms with Crippen LogP contribution in [0.15, 0.2) is 77.7 Å². The van der Waals surface area contributed by atoms with E-state index >= 15 is 0 Å². The van der Waals surface area contributed by atoms with E-state index in [0.717, 1.165) is 31.0 Å². The van der Waals surface area contributed by atoms with Gasteiger partial charge in [0, 0.05) is 35.5 Å². The van der Waals surface area contributed by atoms with Gasteiger partial charge in [0.05, 0.1) is 12.8 Å². The first-order valence-corrected chi connectivity index (χ1v) is 12.3.